The molecule has 0 bridgehead atoms. The van der Waals surface area contributed by atoms with Crippen LogP contribution < -0.4 is 0 Å². The lowest BCUT2D eigenvalue weighted by Gasteiger charge is -2.24. The van der Waals surface area contributed by atoms with Gasteiger partial charge in [-0.25, -0.2) is 4.39 Å². The number of amides is 1. The number of aliphatic hydroxyl groups is 1. The minimum absolute atomic E-state index is 0.0305. The zero-order chi connectivity index (χ0) is 20.5. The fraction of sp³-hybridized carbons (Fsp3) is 0.130. The van der Waals surface area contributed by atoms with Crippen LogP contribution in [0.15, 0.2) is 76.9 Å². The number of carbonyl (C=O) groups is 2. The van der Waals surface area contributed by atoms with Crippen LogP contribution in [0.4, 0.5) is 4.39 Å². The van der Waals surface area contributed by atoms with E-state index in [0.29, 0.717) is 16.9 Å². The summed E-state index contributed by atoms with van der Waals surface area (Å²) in [5.74, 6) is -1.74. The summed E-state index contributed by atoms with van der Waals surface area (Å²) in [6.07, 6.45) is 1.48. The van der Waals surface area contributed by atoms with Crippen LogP contribution in [-0.4, -0.2) is 21.7 Å². The molecule has 1 N–H and O–H groups in total. The van der Waals surface area contributed by atoms with E-state index in [0.717, 1.165) is 5.56 Å². The van der Waals surface area contributed by atoms with Gasteiger partial charge in [-0.1, -0.05) is 42.0 Å². The molecule has 29 heavy (non-hydrogen) atoms. The molecule has 1 atom stereocenters. The lowest BCUT2D eigenvalue weighted by Crippen LogP contribution is -2.29. The van der Waals surface area contributed by atoms with Crippen molar-refractivity contribution in [2.24, 2.45) is 0 Å². The van der Waals surface area contributed by atoms with Crippen molar-refractivity contribution in [3.8, 4) is 0 Å². The molecule has 6 heteroatoms. The molecule has 2 heterocycles. The molecule has 1 aliphatic heterocycles. The summed E-state index contributed by atoms with van der Waals surface area (Å²) in [5.41, 5.74) is 1.91. The van der Waals surface area contributed by atoms with E-state index in [4.69, 9.17) is 4.42 Å². The number of likely N-dealkylation sites (tertiary alicyclic amines) is 1. The summed E-state index contributed by atoms with van der Waals surface area (Å²) >= 11 is 0. The fourth-order valence-corrected chi connectivity index (χ4v) is 3.47. The maximum Gasteiger partial charge on any atom is 0.296 e. The molecule has 1 aromatic heterocycles. The third kappa shape index (κ3) is 3.45. The van der Waals surface area contributed by atoms with Gasteiger partial charge in [-0.2, -0.15) is 0 Å². The lowest BCUT2D eigenvalue weighted by molar-refractivity contribution is -0.140. The number of ketones is 1. The van der Waals surface area contributed by atoms with E-state index >= 15 is 0 Å². The number of halogens is 1. The molecule has 0 radical (unpaired) electrons. The smallest absolute Gasteiger partial charge is 0.296 e. The molecular weight excluding hydrogens is 373 g/mol. The average molecular weight is 391 g/mol. The first-order chi connectivity index (χ1) is 14.0. The van der Waals surface area contributed by atoms with E-state index in [1.807, 2.05) is 6.92 Å². The second kappa shape index (κ2) is 7.39. The van der Waals surface area contributed by atoms with Gasteiger partial charge in [0.25, 0.3) is 11.7 Å². The van der Waals surface area contributed by atoms with Crippen molar-refractivity contribution in [3.63, 3.8) is 0 Å². The molecule has 146 valence electrons. The number of hydrogen-bond acceptors (Lipinski definition) is 4. The molecular formula is C23H18FNO4. The number of nitrogens with zero attached hydrogens (tertiary/aromatic N) is 1. The third-order valence-corrected chi connectivity index (χ3v) is 4.96. The van der Waals surface area contributed by atoms with Crippen molar-refractivity contribution in [1.82, 2.24) is 4.90 Å². The van der Waals surface area contributed by atoms with Crippen molar-refractivity contribution < 1.29 is 23.5 Å². The van der Waals surface area contributed by atoms with Gasteiger partial charge in [-0.3, -0.25) is 9.59 Å². The summed E-state index contributed by atoms with van der Waals surface area (Å²) in [6.45, 7) is 1.95. The molecule has 1 fully saturated rings. The van der Waals surface area contributed by atoms with E-state index in [1.165, 1.54) is 35.4 Å². The Kier molecular flexibility index (Phi) is 4.76. The number of furan rings is 1. The van der Waals surface area contributed by atoms with Crippen LogP contribution in [0.3, 0.4) is 0 Å². The molecule has 1 saturated heterocycles. The van der Waals surface area contributed by atoms with Gasteiger partial charge in [0.1, 0.15) is 17.3 Å². The van der Waals surface area contributed by atoms with Crippen LogP contribution >= 0.6 is 0 Å². The number of Topliss-reactive ketones (excluding diaryl/α,β-unsaturated/α-hetero) is 1. The average Bonchev–Trinajstić information content (AvgIpc) is 3.31. The van der Waals surface area contributed by atoms with Gasteiger partial charge < -0.3 is 14.4 Å². The first-order valence-corrected chi connectivity index (χ1v) is 9.09. The normalized spacial score (nSPS) is 18.4. The molecule has 0 spiro atoms. The number of hydrogen-bond donors (Lipinski definition) is 1. The zero-order valence-corrected chi connectivity index (χ0v) is 15.6. The van der Waals surface area contributed by atoms with E-state index < -0.39 is 23.5 Å². The predicted octanol–water partition coefficient (Wildman–Crippen LogP) is 4.35. The monoisotopic (exact) mass is 391 g/mol. The van der Waals surface area contributed by atoms with Crippen molar-refractivity contribution in [2.75, 3.05) is 0 Å². The van der Waals surface area contributed by atoms with E-state index in [-0.39, 0.29) is 17.9 Å². The zero-order valence-electron chi connectivity index (χ0n) is 15.6. The highest BCUT2D eigenvalue weighted by molar-refractivity contribution is 6.46. The van der Waals surface area contributed by atoms with Crippen molar-refractivity contribution in [1.29, 1.82) is 0 Å². The molecule has 4 rings (SSSR count). The molecule has 2 aromatic carbocycles. The molecule has 0 saturated carbocycles. The minimum atomic E-state index is -0.859. The summed E-state index contributed by atoms with van der Waals surface area (Å²) in [6, 6.07) is 15.0. The van der Waals surface area contributed by atoms with Gasteiger partial charge in [0, 0.05) is 5.56 Å². The van der Waals surface area contributed by atoms with Crippen LogP contribution in [0.25, 0.3) is 5.76 Å². The lowest BCUT2D eigenvalue weighted by atomic mass is 9.95. The Labute approximate surface area is 166 Å². The third-order valence-electron chi connectivity index (χ3n) is 4.96. The summed E-state index contributed by atoms with van der Waals surface area (Å²) in [5, 5.41) is 10.9. The second-order valence-corrected chi connectivity index (χ2v) is 6.92. The second-order valence-electron chi connectivity index (χ2n) is 6.92. The number of rotatable bonds is 4. The number of benzene rings is 2. The summed E-state index contributed by atoms with van der Waals surface area (Å²) in [4.78, 5) is 27.0. The van der Waals surface area contributed by atoms with Gasteiger partial charge in [0.15, 0.2) is 0 Å². The highest BCUT2D eigenvalue weighted by Gasteiger charge is 2.46. The van der Waals surface area contributed by atoms with Crippen LogP contribution in [0.5, 0.6) is 0 Å². The standard InChI is InChI=1S/C23H18FNO4/c1-14-4-6-16(7-5-14)21(26)19-20(15-8-10-17(24)11-9-15)25(23(28)22(19)27)13-18-3-2-12-29-18/h2-12,20,26H,13H2,1H3/b21-19+/t20-/m0/s1. The Balaban J connectivity index is 1.86. The van der Waals surface area contributed by atoms with Gasteiger partial charge in [-0.05, 0) is 36.8 Å². The Morgan fingerprint density at radius 1 is 1.07 bits per heavy atom. The number of aliphatic hydroxyl groups excluding tert-OH is 1. The molecule has 3 aromatic rings. The Hall–Kier alpha value is -3.67. The number of carbonyl (C=O) groups excluding carboxylic acids is 2. The van der Waals surface area contributed by atoms with Crippen LogP contribution in [0.1, 0.15) is 28.5 Å². The highest BCUT2D eigenvalue weighted by atomic mass is 19.1. The molecule has 0 aliphatic carbocycles. The van der Waals surface area contributed by atoms with Gasteiger partial charge in [-0.15, -0.1) is 0 Å². The first kappa shape index (κ1) is 18.7. The predicted molar refractivity (Wildman–Crippen MR) is 104 cm³/mol. The van der Waals surface area contributed by atoms with Gasteiger partial charge in [0.05, 0.1) is 24.4 Å². The molecule has 1 aliphatic rings. The van der Waals surface area contributed by atoms with Crippen LogP contribution in [0.2, 0.25) is 0 Å². The fourth-order valence-electron chi connectivity index (χ4n) is 3.47. The molecule has 5 nitrogen and oxygen atoms in total. The maximum absolute atomic E-state index is 13.5. The summed E-state index contributed by atoms with van der Waals surface area (Å²) in [7, 11) is 0. The minimum Gasteiger partial charge on any atom is -0.507 e. The van der Waals surface area contributed by atoms with E-state index in [2.05, 4.69) is 0 Å². The van der Waals surface area contributed by atoms with E-state index in [1.54, 1.807) is 36.4 Å². The quantitative estimate of drug-likeness (QED) is 0.408. The van der Waals surface area contributed by atoms with Crippen molar-refractivity contribution in [2.45, 2.75) is 19.5 Å². The Bertz CT molecular complexity index is 1080. The summed E-state index contributed by atoms with van der Waals surface area (Å²) < 4.78 is 18.8. The first-order valence-electron chi connectivity index (χ1n) is 9.09. The van der Waals surface area contributed by atoms with Gasteiger partial charge >= 0.3 is 0 Å². The molecule has 0 unspecified atom stereocenters. The largest absolute Gasteiger partial charge is 0.507 e. The SMILES string of the molecule is Cc1ccc(/C(O)=C2\C(=O)C(=O)N(Cc3ccco3)[C@H]2c2ccc(F)cc2)cc1. The van der Waals surface area contributed by atoms with Gasteiger partial charge in [0.2, 0.25) is 0 Å². The van der Waals surface area contributed by atoms with Crippen molar-refractivity contribution >= 4 is 17.4 Å². The Morgan fingerprint density at radius 2 is 1.76 bits per heavy atom. The van der Waals surface area contributed by atoms with Crippen LogP contribution in [-0.2, 0) is 16.1 Å². The number of aryl methyl sites for hydroxylation is 1. The van der Waals surface area contributed by atoms with Crippen molar-refractivity contribution in [3.05, 3.63) is 101 Å². The topological polar surface area (TPSA) is 70.8 Å². The Morgan fingerprint density at radius 3 is 2.38 bits per heavy atom. The van der Waals surface area contributed by atoms with E-state index in [9.17, 15) is 19.1 Å². The molecule has 1 amide bonds. The maximum atomic E-state index is 13.5. The van der Waals surface area contributed by atoms with Crippen LogP contribution in [0, 0.1) is 12.7 Å². The highest BCUT2D eigenvalue weighted by Crippen LogP contribution is 2.40.